The molecule has 0 bridgehead atoms. The second-order valence-corrected chi connectivity index (χ2v) is 16.2. The third-order valence-corrected chi connectivity index (χ3v) is 10.4. The van der Waals surface area contributed by atoms with Crippen LogP contribution < -0.4 is 0 Å². The lowest BCUT2D eigenvalue weighted by Gasteiger charge is -2.30. The summed E-state index contributed by atoms with van der Waals surface area (Å²) in [5.74, 6) is -6.98. The Labute approximate surface area is 438 Å². The van der Waals surface area contributed by atoms with Crippen LogP contribution in [0.25, 0.3) is 0 Å². The molecule has 0 fully saturated rings. The van der Waals surface area contributed by atoms with Gasteiger partial charge in [0.25, 0.3) is 0 Å². The highest BCUT2D eigenvalue weighted by Crippen LogP contribution is 2.37. The molecule has 0 aliphatic carbocycles. The molecule has 7 rings (SSSR count). The van der Waals surface area contributed by atoms with Crippen molar-refractivity contribution in [2.45, 2.75) is 44.4 Å². The number of benzene rings is 7. The lowest BCUT2D eigenvalue weighted by Crippen LogP contribution is -2.24. The third kappa shape index (κ3) is 23.7. The van der Waals surface area contributed by atoms with Gasteiger partial charge in [0.05, 0.1) is 23.1 Å². The molecular formula is C56H54O21. The molecular weight excluding hydrogens is 1010 g/mol. The lowest BCUT2D eigenvalue weighted by molar-refractivity contribution is -0.138. The van der Waals surface area contributed by atoms with E-state index in [0.717, 1.165) is 34.9 Å². The minimum absolute atomic E-state index is 0.000278. The Kier molecular flexibility index (Phi) is 25.3. The average molecular weight is 1060 g/mol. The van der Waals surface area contributed by atoms with E-state index in [2.05, 4.69) is 0 Å². The minimum Gasteiger partial charge on any atom is -0.508 e. The van der Waals surface area contributed by atoms with Crippen molar-refractivity contribution in [1.29, 1.82) is 0 Å². The maximum Gasteiger partial charge on any atom is 0.339 e. The van der Waals surface area contributed by atoms with E-state index in [1.54, 1.807) is 97.1 Å². The number of aliphatic carboxylic acids is 3. The summed E-state index contributed by atoms with van der Waals surface area (Å²) in [7, 11) is 0. The smallest absolute Gasteiger partial charge is 0.339 e. The molecule has 21 heteroatoms. The Hall–Kier alpha value is -10.6. The van der Waals surface area contributed by atoms with Gasteiger partial charge >= 0.3 is 41.8 Å². The first kappa shape index (κ1) is 62.5. The highest BCUT2D eigenvalue weighted by Gasteiger charge is 2.29. The van der Waals surface area contributed by atoms with Crippen LogP contribution in [0, 0.1) is 0 Å². The van der Waals surface area contributed by atoms with Crippen molar-refractivity contribution in [2.24, 2.45) is 0 Å². The molecule has 0 saturated carbocycles. The number of phenolic OH excluding ortho intramolecular Hbond substituents is 6. The maximum absolute atomic E-state index is 10.9. The zero-order valence-corrected chi connectivity index (χ0v) is 40.7. The topological polar surface area (TPSA) is 403 Å². The van der Waals surface area contributed by atoms with E-state index in [4.69, 9.17) is 61.3 Å². The van der Waals surface area contributed by atoms with Gasteiger partial charge in [-0.3, -0.25) is 14.4 Å². The predicted octanol–water partition coefficient (Wildman–Crippen LogP) is 8.67. The van der Waals surface area contributed by atoms with E-state index in [9.17, 15) is 43.8 Å². The Bertz CT molecular complexity index is 2960. The number of aromatic hydroxyl groups is 7. The molecule has 0 spiro atoms. The molecule has 21 nitrogen and oxygen atoms in total. The molecule has 0 radical (unpaired) electrons. The number of hydrogen-bond donors (Lipinski definition) is 14. The molecule has 0 aromatic heterocycles. The van der Waals surface area contributed by atoms with Crippen LogP contribution in [0.15, 0.2) is 164 Å². The molecule has 0 unspecified atom stereocenters. The van der Waals surface area contributed by atoms with Gasteiger partial charge in [0.2, 0.25) is 0 Å². The van der Waals surface area contributed by atoms with Crippen LogP contribution in [-0.2, 0) is 32.6 Å². The molecule has 77 heavy (non-hydrogen) atoms. The fraction of sp³-hybridized carbons (Fsp3) is 0.125. The van der Waals surface area contributed by atoms with Crippen molar-refractivity contribution < 1.29 is 105 Å². The van der Waals surface area contributed by atoms with Crippen LogP contribution in [0.1, 0.15) is 89.9 Å². The number of hydrogen-bond acceptors (Lipinski definition) is 14. The van der Waals surface area contributed by atoms with E-state index in [1.807, 2.05) is 6.92 Å². The molecule has 7 aromatic rings. The molecule has 0 amide bonds. The molecule has 7 aromatic carbocycles. The van der Waals surface area contributed by atoms with Crippen LogP contribution >= 0.6 is 0 Å². The largest absolute Gasteiger partial charge is 0.508 e. The van der Waals surface area contributed by atoms with Crippen LogP contribution in [0.5, 0.6) is 40.2 Å². The normalized spacial score (nSPS) is 9.94. The molecule has 0 atom stereocenters. The molecule has 0 aliphatic rings. The van der Waals surface area contributed by atoms with Crippen molar-refractivity contribution >= 4 is 41.8 Å². The van der Waals surface area contributed by atoms with E-state index < -0.39 is 47.2 Å². The van der Waals surface area contributed by atoms with Crippen molar-refractivity contribution in [3.05, 3.63) is 208 Å². The number of aryl methyl sites for hydroxylation is 1. The number of aromatic carboxylic acids is 4. The molecule has 404 valence electrons. The Morgan fingerprint density at radius 1 is 0.364 bits per heavy atom. The van der Waals surface area contributed by atoms with Crippen LogP contribution in [-0.4, -0.2) is 113 Å². The number of carboxylic acid groups (broad SMARTS) is 7. The summed E-state index contributed by atoms with van der Waals surface area (Å²) in [4.78, 5) is 72.7. The zero-order valence-electron chi connectivity index (χ0n) is 40.7. The summed E-state index contributed by atoms with van der Waals surface area (Å²) in [6, 6.07) is 40.3. The summed E-state index contributed by atoms with van der Waals surface area (Å²) in [6.07, 6.45) is 1.11. The standard InChI is InChI=1S/C17H18O4.C9H10O3.C8H6O5.C8H8O3.2C7H6O3/c1-17(11-10-16(20)21,12-2-6-14(18)7-3-12)13-4-8-15(19)9-5-13;10-8-4-1-7(2-5-8)3-6-9(11)12;9-6-2-4(7(10)11)1-5(3-6)8(12)13;9-7-3-1-6(2-4-7)5-8(10)11;8-6-3-1-5(2-4-6)7(9)10;8-6-4-2-1-3-5(6)7(9)10/h2-9,18-19H,10-11H2,1H3,(H,20,21);1-2,4-5,10H,3,6H2,(H,11,12);1-3,9H,(H,10,11)(H,12,13);1-4,9H,5H2,(H,10,11);2*1-4,8H,(H,9,10). The van der Waals surface area contributed by atoms with Gasteiger partial charge in [-0.05, 0) is 138 Å². The Morgan fingerprint density at radius 3 is 1.06 bits per heavy atom. The zero-order chi connectivity index (χ0) is 57.8. The summed E-state index contributed by atoms with van der Waals surface area (Å²) in [5.41, 5.74) is 2.57. The summed E-state index contributed by atoms with van der Waals surface area (Å²) in [6.45, 7) is 1.97. The van der Waals surface area contributed by atoms with Crippen molar-refractivity contribution in [3.8, 4) is 40.2 Å². The first-order chi connectivity index (χ1) is 36.2. The highest BCUT2D eigenvalue weighted by atomic mass is 16.4. The third-order valence-electron chi connectivity index (χ3n) is 10.4. The van der Waals surface area contributed by atoms with Gasteiger partial charge in [0.1, 0.15) is 45.8 Å². The average Bonchev–Trinajstić information content (AvgIpc) is 3.37. The summed E-state index contributed by atoms with van der Waals surface area (Å²) in [5, 5.41) is 123. The minimum atomic E-state index is -1.28. The molecule has 0 aliphatic heterocycles. The van der Waals surface area contributed by atoms with Crippen LogP contribution in [0.4, 0.5) is 0 Å². The van der Waals surface area contributed by atoms with Gasteiger partial charge < -0.3 is 71.5 Å². The molecule has 0 heterocycles. The fourth-order valence-corrected chi connectivity index (χ4v) is 6.29. The van der Waals surface area contributed by atoms with Gasteiger partial charge in [0, 0.05) is 18.3 Å². The van der Waals surface area contributed by atoms with Gasteiger partial charge in [-0.25, -0.2) is 19.2 Å². The number of rotatable bonds is 14. The van der Waals surface area contributed by atoms with E-state index in [0.29, 0.717) is 18.4 Å². The van der Waals surface area contributed by atoms with Crippen molar-refractivity contribution in [3.63, 3.8) is 0 Å². The number of carbonyl (C=O) groups is 7. The lowest BCUT2D eigenvalue weighted by atomic mass is 9.73. The molecule has 0 saturated heterocycles. The van der Waals surface area contributed by atoms with E-state index in [-0.39, 0.29) is 81.8 Å². The number of phenols is 7. The summed E-state index contributed by atoms with van der Waals surface area (Å²) < 4.78 is 0. The van der Waals surface area contributed by atoms with Crippen LogP contribution in [0.3, 0.4) is 0 Å². The monoisotopic (exact) mass is 1060 g/mol. The van der Waals surface area contributed by atoms with E-state index in [1.165, 1.54) is 48.5 Å². The van der Waals surface area contributed by atoms with Gasteiger partial charge in [-0.15, -0.1) is 0 Å². The van der Waals surface area contributed by atoms with Crippen LogP contribution in [0.2, 0.25) is 0 Å². The Balaban J connectivity index is 0.000000324. The first-order valence-electron chi connectivity index (χ1n) is 22.3. The van der Waals surface area contributed by atoms with E-state index >= 15 is 0 Å². The van der Waals surface area contributed by atoms with Crippen molar-refractivity contribution in [1.82, 2.24) is 0 Å². The second kappa shape index (κ2) is 31.1. The van der Waals surface area contributed by atoms with Crippen molar-refractivity contribution in [2.75, 3.05) is 0 Å². The quantitative estimate of drug-likeness (QED) is 0.0484. The Morgan fingerprint density at radius 2 is 0.727 bits per heavy atom. The fourth-order valence-electron chi connectivity index (χ4n) is 6.29. The maximum atomic E-state index is 10.9. The van der Waals surface area contributed by atoms with Gasteiger partial charge in [-0.2, -0.15) is 0 Å². The van der Waals surface area contributed by atoms with Gasteiger partial charge in [0.15, 0.2) is 0 Å². The first-order valence-corrected chi connectivity index (χ1v) is 22.3. The SMILES string of the molecule is CC(CCC(=O)O)(c1ccc(O)cc1)c1ccc(O)cc1.O=C(O)CCc1ccc(O)cc1.O=C(O)Cc1ccc(O)cc1.O=C(O)c1cc(O)cc(C(=O)O)c1.O=C(O)c1ccc(O)cc1.O=C(O)c1ccccc1O. The molecule has 14 N–H and O–H groups in total. The predicted molar refractivity (Wildman–Crippen MR) is 275 cm³/mol. The highest BCUT2D eigenvalue weighted by molar-refractivity contribution is 5.94. The summed E-state index contributed by atoms with van der Waals surface area (Å²) >= 11 is 0. The number of para-hydroxylation sites is 1. The van der Waals surface area contributed by atoms with Gasteiger partial charge in [-0.1, -0.05) is 67.6 Å². The number of carboxylic acids is 7. The second-order valence-electron chi connectivity index (χ2n) is 16.2.